The van der Waals surface area contributed by atoms with Crippen molar-refractivity contribution in [1.29, 1.82) is 0 Å². The van der Waals surface area contributed by atoms with Crippen LogP contribution in [0.2, 0.25) is 0 Å². The van der Waals surface area contributed by atoms with E-state index in [0.717, 1.165) is 6.16 Å². The molecule has 4 aromatic rings. The van der Waals surface area contributed by atoms with Crippen LogP contribution < -0.4 is 21.2 Å². The molecule has 0 saturated carbocycles. The van der Waals surface area contributed by atoms with E-state index < -0.39 is 15.8 Å². The summed E-state index contributed by atoms with van der Waals surface area (Å²) in [5.74, 6) is 0. The summed E-state index contributed by atoms with van der Waals surface area (Å²) in [7, 11) is -1.09. The molecule has 142 valence electrons. The van der Waals surface area contributed by atoms with Crippen molar-refractivity contribution in [2.75, 3.05) is 6.16 Å². The van der Waals surface area contributed by atoms with Crippen molar-refractivity contribution in [3.05, 3.63) is 133 Å². The molecule has 0 amide bonds. The summed E-state index contributed by atoms with van der Waals surface area (Å²) in [6, 6.07) is 43.5. The minimum absolute atomic E-state index is 0.487. The lowest BCUT2D eigenvalue weighted by atomic mass is 10.4. The lowest BCUT2D eigenvalue weighted by Gasteiger charge is -2.26. The van der Waals surface area contributed by atoms with Crippen LogP contribution in [0.1, 0.15) is 0 Å². The molecular formula is C27H24P2. The van der Waals surface area contributed by atoms with Crippen molar-refractivity contribution in [1.82, 2.24) is 0 Å². The molecule has 0 radical (unpaired) electrons. The smallest absolute Gasteiger partial charge is 0.00123 e. The van der Waals surface area contributed by atoms with Crippen LogP contribution >= 0.6 is 15.8 Å². The number of hydrogen-bond acceptors (Lipinski definition) is 0. The van der Waals surface area contributed by atoms with Gasteiger partial charge in [0.2, 0.25) is 0 Å². The van der Waals surface area contributed by atoms with E-state index in [1.54, 1.807) is 0 Å². The second-order valence-corrected chi connectivity index (χ2v) is 11.4. The first-order valence-corrected chi connectivity index (χ1v) is 12.7. The Kier molecular flexibility index (Phi) is 6.68. The first-order chi connectivity index (χ1) is 14.3. The van der Waals surface area contributed by atoms with Crippen molar-refractivity contribution in [3.8, 4) is 0 Å². The summed E-state index contributed by atoms with van der Waals surface area (Å²) in [5.41, 5.74) is 0. The third-order valence-corrected chi connectivity index (χ3v) is 10.0. The number of allylic oxidation sites excluding steroid dienone is 1. The molecule has 0 bridgehead atoms. The fourth-order valence-corrected chi connectivity index (χ4v) is 8.52. The van der Waals surface area contributed by atoms with E-state index in [1.165, 1.54) is 26.5 Å². The van der Waals surface area contributed by atoms with Gasteiger partial charge < -0.3 is 0 Å². The van der Waals surface area contributed by atoms with Crippen LogP contribution in [0.4, 0.5) is 0 Å². The molecule has 0 saturated heterocycles. The highest BCUT2D eigenvalue weighted by Gasteiger charge is 2.22. The summed E-state index contributed by atoms with van der Waals surface area (Å²) < 4.78 is 0. The van der Waals surface area contributed by atoms with Gasteiger partial charge in [-0.05, 0) is 42.4 Å². The Morgan fingerprint density at radius 3 is 1.14 bits per heavy atom. The highest BCUT2D eigenvalue weighted by molar-refractivity contribution is 7.79. The summed E-state index contributed by atoms with van der Waals surface area (Å²) in [6.45, 7) is 4.64. The molecule has 0 fully saturated rings. The molecule has 0 N–H and O–H groups in total. The lowest BCUT2D eigenvalue weighted by molar-refractivity contribution is 1.66. The van der Waals surface area contributed by atoms with E-state index in [4.69, 9.17) is 0 Å². The van der Waals surface area contributed by atoms with Gasteiger partial charge in [-0.3, -0.25) is 0 Å². The number of hydrogen-bond donors (Lipinski definition) is 0. The molecule has 0 unspecified atom stereocenters. The zero-order chi connectivity index (χ0) is 19.9. The number of benzene rings is 4. The molecule has 0 aliphatic heterocycles. The Bertz CT molecular complexity index is 950. The third kappa shape index (κ3) is 4.91. The van der Waals surface area contributed by atoms with Crippen molar-refractivity contribution in [2.24, 2.45) is 0 Å². The highest BCUT2D eigenvalue weighted by Crippen LogP contribution is 2.48. The molecule has 2 heteroatoms. The first-order valence-electron chi connectivity index (χ1n) is 9.78. The fraction of sp³-hybridized carbons (Fsp3) is 0.0370. The van der Waals surface area contributed by atoms with Gasteiger partial charge in [0.1, 0.15) is 0 Å². The minimum Gasteiger partial charge on any atom is -0.0943 e. The van der Waals surface area contributed by atoms with Gasteiger partial charge in [-0.15, -0.1) is 0 Å². The molecule has 4 rings (SSSR count). The Labute approximate surface area is 176 Å². The van der Waals surface area contributed by atoms with E-state index in [1.807, 2.05) is 0 Å². The second-order valence-electron chi connectivity index (χ2n) is 6.83. The monoisotopic (exact) mass is 410 g/mol. The van der Waals surface area contributed by atoms with Crippen LogP contribution in [0.25, 0.3) is 0 Å². The zero-order valence-electron chi connectivity index (χ0n) is 16.4. The second kappa shape index (κ2) is 9.80. The standard InChI is InChI=1S/C27H24P2/c1-23(29(26-18-10-4-11-19-26)27-20-12-5-13-21-27)22-28(24-14-6-2-7-15-24)25-16-8-3-9-17-25/h2-21H,1,22H2. The maximum Gasteiger partial charge on any atom is 0.00123 e. The van der Waals surface area contributed by atoms with Crippen molar-refractivity contribution < 1.29 is 0 Å². The zero-order valence-corrected chi connectivity index (χ0v) is 18.1. The van der Waals surface area contributed by atoms with Gasteiger partial charge in [-0.1, -0.05) is 128 Å². The van der Waals surface area contributed by atoms with Crippen molar-refractivity contribution in [2.45, 2.75) is 0 Å². The highest BCUT2D eigenvalue weighted by atomic mass is 31.1. The van der Waals surface area contributed by atoms with Crippen LogP contribution in [-0.2, 0) is 0 Å². The van der Waals surface area contributed by atoms with E-state index >= 15 is 0 Å². The van der Waals surface area contributed by atoms with Crippen LogP contribution in [0.5, 0.6) is 0 Å². The van der Waals surface area contributed by atoms with Gasteiger partial charge in [-0.25, -0.2) is 0 Å². The minimum atomic E-state index is -0.604. The Balaban J connectivity index is 1.71. The third-order valence-electron chi connectivity index (χ3n) is 4.82. The van der Waals surface area contributed by atoms with E-state index in [2.05, 4.69) is 128 Å². The average molecular weight is 410 g/mol. The van der Waals surface area contributed by atoms with E-state index in [0.29, 0.717) is 0 Å². The van der Waals surface area contributed by atoms with Gasteiger partial charge in [-0.2, -0.15) is 0 Å². The molecule has 0 aliphatic carbocycles. The molecule has 0 heterocycles. The van der Waals surface area contributed by atoms with Gasteiger partial charge in [0, 0.05) is 6.16 Å². The van der Waals surface area contributed by atoms with Gasteiger partial charge in [0.25, 0.3) is 0 Å². The van der Waals surface area contributed by atoms with Gasteiger partial charge >= 0.3 is 0 Å². The molecular weight excluding hydrogens is 386 g/mol. The van der Waals surface area contributed by atoms with E-state index in [-0.39, 0.29) is 0 Å². The Morgan fingerprint density at radius 2 is 0.793 bits per heavy atom. The van der Waals surface area contributed by atoms with Crippen LogP contribution in [0.3, 0.4) is 0 Å². The molecule has 4 aromatic carbocycles. The quantitative estimate of drug-likeness (QED) is 0.340. The largest absolute Gasteiger partial charge is 0.0943 e. The lowest BCUT2D eigenvalue weighted by Crippen LogP contribution is -2.18. The predicted octanol–water partition coefficient (Wildman–Crippen LogP) is 5.77. The first kappa shape index (κ1) is 19.8. The van der Waals surface area contributed by atoms with Crippen molar-refractivity contribution >= 4 is 37.1 Å². The molecule has 0 aliphatic rings. The summed E-state index contributed by atoms with van der Waals surface area (Å²) in [4.78, 5) is 0. The van der Waals surface area contributed by atoms with Crippen LogP contribution in [0.15, 0.2) is 133 Å². The molecule has 0 aromatic heterocycles. The fourth-order valence-electron chi connectivity index (χ4n) is 3.47. The van der Waals surface area contributed by atoms with Crippen molar-refractivity contribution in [3.63, 3.8) is 0 Å². The maximum atomic E-state index is 4.64. The predicted molar refractivity (Wildman–Crippen MR) is 132 cm³/mol. The molecule has 0 spiro atoms. The molecule has 0 atom stereocenters. The van der Waals surface area contributed by atoms with Crippen LogP contribution in [0, 0.1) is 0 Å². The Hall–Kier alpha value is -2.52. The summed E-state index contributed by atoms with van der Waals surface area (Å²) in [6.07, 6.45) is 0.999. The topological polar surface area (TPSA) is 0 Å². The normalized spacial score (nSPS) is 11.0. The van der Waals surface area contributed by atoms with Gasteiger partial charge in [0.15, 0.2) is 0 Å². The van der Waals surface area contributed by atoms with E-state index in [9.17, 15) is 0 Å². The summed E-state index contributed by atoms with van der Waals surface area (Å²) >= 11 is 0. The average Bonchev–Trinajstić information content (AvgIpc) is 2.80. The molecule has 29 heavy (non-hydrogen) atoms. The van der Waals surface area contributed by atoms with Crippen LogP contribution in [-0.4, -0.2) is 6.16 Å². The summed E-state index contributed by atoms with van der Waals surface area (Å²) in [5, 5.41) is 6.89. The molecule has 0 nitrogen and oxygen atoms in total. The SMILES string of the molecule is C=C(CP(c1ccccc1)c1ccccc1)P(c1ccccc1)c1ccccc1. The maximum absolute atomic E-state index is 4.64. The number of rotatable bonds is 7. The van der Waals surface area contributed by atoms with Gasteiger partial charge in [0.05, 0.1) is 0 Å². The Morgan fingerprint density at radius 1 is 0.483 bits per heavy atom.